The van der Waals surface area contributed by atoms with Crippen molar-refractivity contribution in [2.75, 3.05) is 40.0 Å². The summed E-state index contributed by atoms with van der Waals surface area (Å²) >= 11 is 0. The predicted molar refractivity (Wildman–Crippen MR) is 105 cm³/mol. The first-order valence-corrected chi connectivity index (χ1v) is 8.07. The molecule has 6 heteroatoms. The number of benzene rings is 1. The van der Waals surface area contributed by atoms with Crippen LogP contribution in [0.25, 0.3) is 0 Å². The molecule has 1 aromatic rings. The molecule has 1 aliphatic rings. The van der Waals surface area contributed by atoms with Gasteiger partial charge in [-0.3, -0.25) is 0 Å². The van der Waals surface area contributed by atoms with E-state index in [1.807, 2.05) is 18.2 Å². The Kier molecular flexibility index (Phi) is 10.0. The Hall–Kier alpha value is -1.02. The van der Waals surface area contributed by atoms with Crippen LogP contribution in [0, 0.1) is 0 Å². The molecule has 130 valence electrons. The number of aliphatic imine (C=N–C) groups is 1. The van der Waals surface area contributed by atoms with Gasteiger partial charge >= 0.3 is 0 Å². The van der Waals surface area contributed by atoms with E-state index < -0.39 is 0 Å². The van der Waals surface area contributed by atoms with Crippen molar-refractivity contribution in [2.24, 2.45) is 4.99 Å². The lowest BCUT2D eigenvalue weighted by molar-refractivity contribution is 0.146. The molecule has 1 N–H and O–H groups in total. The van der Waals surface area contributed by atoms with Crippen LogP contribution in [0.5, 0.6) is 5.75 Å². The van der Waals surface area contributed by atoms with Gasteiger partial charge < -0.3 is 19.7 Å². The molecule has 1 saturated heterocycles. The molecule has 23 heavy (non-hydrogen) atoms. The number of guanidine groups is 1. The maximum absolute atomic E-state index is 5.64. The molecule has 1 heterocycles. The molecule has 0 spiro atoms. The lowest BCUT2D eigenvalue weighted by Gasteiger charge is -2.20. The van der Waals surface area contributed by atoms with Crippen LogP contribution in [-0.4, -0.2) is 50.8 Å². The van der Waals surface area contributed by atoms with E-state index >= 15 is 0 Å². The molecule has 0 radical (unpaired) electrons. The summed E-state index contributed by atoms with van der Waals surface area (Å²) in [5.74, 6) is 1.89. The summed E-state index contributed by atoms with van der Waals surface area (Å²) in [4.78, 5) is 7.09. The monoisotopic (exact) mass is 433 g/mol. The molecule has 1 aliphatic heterocycles. The average Bonchev–Trinajstić information content (AvgIpc) is 3.06. The van der Waals surface area contributed by atoms with Crippen molar-refractivity contribution in [2.45, 2.75) is 26.3 Å². The summed E-state index contributed by atoms with van der Waals surface area (Å²) in [6.07, 6.45) is 2.51. The van der Waals surface area contributed by atoms with Crippen LogP contribution in [0.15, 0.2) is 29.3 Å². The maximum atomic E-state index is 5.64. The average molecular weight is 433 g/mol. The van der Waals surface area contributed by atoms with Gasteiger partial charge in [0.25, 0.3) is 0 Å². The third-order valence-electron chi connectivity index (χ3n) is 3.61. The minimum atomic E-state index is 0. The molecule has 0 bridgehead atoms. The van der Waals surface area contributed by atoms with Crippen molar-refractivity contribution in [1.82, 2.24) is 10.2 Å². The van der Waals surface area contributed by atoms with E-state index in [1.54, 1.807) is 7.11 Å². The van der Waals surface area contributed by atoms with Crippen LogP contribution in [0.1, 0.15) is 25.3 Å². The van der Waals surface area contributed by atoms with Gasteiger partial charge in [-0.2, -0.15) is 0 Å². The van der Waals surface area contributed by atoms with E-state index in [0.29, 0.717) is 19.8 Å². The molecule has 2 rings (SSSR count). The lowest BCUT2D eigenvalue weighted by atomic mass is 10.2. The standard InChI is InChI=1S/C17H27N3O2.HI/c1-3-18-17(20-9-4-5-10-20)19-14-15-7-6-8-16(13-15)22-12-11-21-2;/h6-8,13H,3-5,9-12,14H2,1-2H3,(H,18,19);1H. The molecule has 0 unspecified atom stereocenters. The minimum absolute atomic E-state index is 0. The predicted octanol–water partition coefficient (Wildman–Crippen LogP) is 2.89. The van der Waals surface area contributed by atoms with Crippen LogP contribution < -0.4 is 10.1 Å². The summed E-state index contributed by atoms with van der Waals surface area (Å²) in [6.45, 7) is 7.05. The van der Waals surface area contributed by atoms with Crippen molar-refractivity contribution in [3.8, 4) is 5.75 Å². The Morgan fingerprint density at radius 1 is 1.26 bits per heavy atom. The molecule has 0 saturated carbocycles. The van der Waals surface area contributed by atoms with Gasteiger partial charge in [0.1, 0.15) is 12.4 Å². The van der Waals surface area contributed by atoms with Crippen LogP contribution in [0.2, 0.25) is 0 Å². The van der Waals surface area contributed by atoms with Crippen molar-refractivity contribution < 1.29 is 9.47 Å². The SMILES string of the molecule is CCNC(=NCc1cccc(OCCOC)c1)N1CCCC1.I. The highest BCUT2D eigenvalue weighted by molar-refractivity contribution is 14.0. The zero-order valence-electron chi connectivity index (χ0n) is 14.1. The van der Waals surface area contributed by atoms with Crippen molar-refractivity contribution >= 4 is 29.9 Å². The smallest absolute Gasteiger partial charge is 0.194 e. The van der Waals surface area contributed by atoms with Gasteiger partial charge in [0, 0.05) is 26.7 Å². The van der Waals surface area contributed by atoms with Crippen molar-refractivity contribution in [3.63, 3.8) is 0 Å². The fourth-order valence-electron chi connectivity index (χ4n) is 2.50. The number of halogens is 1. The summed E-state index contributed by atoms with van der Waals surface area (Å²) in [5.41, 5.74) is 1.16. The number of nitrogens with one attached hydrogen (secondary N) is 1. The fourth-order valence-corrected chi connectivity index (χ4v) is 2.50. The van der Waals surface area contributed by atoms with Crippen LogP contribution in [0.3, 0.4) is 0 Å². The number of hydrogen-bond donors (Lipinski definition) is 1. The number of hydrogen-bond acceptors (Lipinski definition) is 3. The summed E-state index contributed by atoms with van der Waals surface area (Å²) in [5, 5.41) is 3.38. The molecule has 0 aliphatic carbocycles. The van der Waals surface area contributed by atoms with E-state index in [-0.39, 0.29) is 24.0 Å². The Morgan fingerprint density at radius 2 is 2.04 bits per heavy atom. The summed E-state index contributed by atoms with van der Waals surface area (Å²) in [7, 11) is 1.68. The highest BCUT2D eigenvalue weighted by Gasteiger charge is 2.15. The third kappa shape index (κ3) is 6.95. The van der Waals surface area contributed by atoms with Gasteiger partial charge in [-0.15, -0.1) is 24.0 Å². The Morgan fingerprint density at radius 3 is 2.74 bits per heavy atom. The highest BCUT2D eigenvalue weighted by atomic mass is 127. The second kappa shape index (κ2) is 11.5. The molecule has 0 amide bonds. The molecular formula is C17H28IN3O2. The first-order valence-electron chi connectivity index (χ1n) is 8.07. The molecule has 0 atom stereocenters. The zero-order chi connectivity index (χ0) is 15.6. The highest BCUT2D eigenvalue weighted by Crippen LogP contribution is 2.15. The van der Waals surface area contributed by atoms with Crippen LogP contribution in [0.4, 0.5) is 0 Å². The Labute approximate surface area is 156 Å². The fraction of sp³-hybridized carbons (Fsp3) is 0.588. The molecular weight excluding hydrogens is 405 g/mol. The first kappa shape index (κ1) is 20.0. The van der Waals surface area contributed by atoms with Crippen LogP contribution in [-0.2, 0) is 11.3 Å². The van der Waals surface area contributed by atoms with Gasteiger partial charge in [-0.25, -0.2) is 4.99 Å². The Balaban J connectivity index is 0.00000264. The van der Waals surface area contributed by atoms with Crippen molar-refractivity contribution in [1.29, 1.82) is 0 Å². The first-order chi connectivity index (χ1) is 10.8. The van der Waals surface area contributed by atoms with Gasteiger partial charge in [0.2, 0.25) is 0 Å². The molecule has 0 aromatic heterocycles. The second-order valence-electron chi connectivity index (χ2n) is 5.35. The van der Waals surface area contributed by atoms with E-state index in [2.05, 4.69) is 23.2 Å². The van der Waals surface area contributed by atoms with E-state index in [0.717, 1.165) is 36.9 Å². The number of ether oxygens (including phenoxy) is 2. The lowest BCUT2D eigenvalue weighted by Crippen LogP contribution is -2.39. The van der Waals surface area contributed by atoms with Gasteiger partial charge in [-0.1, -0.05) is 12.1 Å². The Bertz CT molecular complexity index is 477. The van der Waals surface area contributed by atoms with Gasteiger partial charge in [0.15, 0.2) is 5.96 Å². The molecule has 5 nitrogen and oxygen atoms in total. The number of methoxy groups -OCH3 is 1. The zero-order valence-corrected chi connectivity index (χ0v) is 16.4. The maximum Gasteiger partial charge on any atom is 0.194 e. The second-order valence-corrected chi connectivity index (χ2v) is 5.35. The van der Waals surface area contributed by atoms with Crippen LogP contribution >= 0.6 is 24.0 Å². The molecule has 1 fully saturated rings. The topological polar surface area (TPSA) is 46.1 Å². The molecule has 1 aromatic carbocycles. The number of likely N-dealkylation sites (tertiary alicyclic amines) is 1. The van der Waals surface area contributed by atoms with Crippen molar-refractivity contribution in [3.05, 3.63) is 29.8 Å². The number of rotatable bonds is 7. The largest absolute Gasteiger partial charge is 0.491 e. The minimum Gasteiger partial charge on any atom is -0.491 e. The van der Waals surface area contributed by atoms with Gasteiger partial charge in [-0.05, 0) is 37.5 Å². The summed E-state index contributed by atoms with van der Waals surface area (Å²) in [6, 6.07) is 8.11. The van der Waals surface area contributed by atoms with E-state index in [1.165, 1.54) is 12.8 Å². The van der Waals surface area contributed by atoms with E-state index in [4.69, 9.17) is 14.5 Å². The number of nitrogens with zero attached hydrogens (tertiary/aromatic N) is 2. The third-order valence-corrected chi connectivity index (χ3v) is 3.61. The van der Waals surface area contributed by atoms with E-state index in [9.17, 15) is 0 Å². The summed E-state index contributed by atoms with van der Waals surface area (Å²) < 4.78 is 10.6. The quantitative estimate of drug-likeness (QED) is 0.311. The van der Waals surface area contributed by atoms with Gasteiger partial charge in [0.05, 0.1) is 13.2 Å². The normalized spacial score (nSPS) is 14.5.